The quantitative estimate of drug-likeness (QED) is 0.471. The van der Waals surface area contributed by atoms with E-state index in [9.17, 15) is 4.79 Å². The van der Waals surface area contributed by atoms with E-state index in [-0.39, 0.29) is 5.78 Å². The molecule has 0 saturated heterocycles. The first-order valence-electron chi connectivity index (χ1n) is 5.26. The van der Waals surface area contributed by atoms with Gasteiger partial charge in [-0.2, -0.15) is 0 Å². The zero-order valence-corrected chi connectivity index (χ0v) is 11.4. The summed E-state index contributed by atoms with van der Waals surface area (Å²) in [6, 6.07) is 7.68. The fourth-order valence-electron chi connectivity index (χ4n) is 1.50. The molecule has 0 saturated carbocycles. The molecule has 0 unspecified atom stereocenters. The van der Waals surface area contributed by atoms with Crippen molar-refractivity contribution < 1.29 is 9.21 Å². The van der Waals surface area contributed by atoms with Gasteiger partial charge in [0.1, 0.15) is 0 Å². The lowest BCUT2D eigenvalue weighted by Gasteiger charge is -1.98. The van der Waals surface area contributed by atoms with Gasteiger partial charge in [0.25, 0.3) is 0 Å². The Morgan fingerprint density at radius 3 is 2.65 bits per heavy atom. The molecule has 2 aromatic rings. The van der Waals surface area contributed by atoms with Gasteiger partial charge in [-0.15, -0.1) is 23.1 Å². The van der Waals surface area contributed by atoms with Gasteiger partial charge in [-0.1, -0.05) is 6.07 Å². The fraction of sp³-hybridized carbons (Fsp3) is 0.231. The summed E-state index contributed by atoms with van der Waals surface area (Å²) in [5.41, 5.74) is 0. The number of rotatable bonds is 4. The molecule has 0 fully saturated rings. The Labute approximate surface area is 109 Å². The molecule has 0 spiro atoms. The van der Waals surface area contributed by atoms with E-state index in [0.717, 1.165) is 21.3 Å². The standard InChI is InChI=1S/C13H13O2S2/c1-9-6-11(7-10(2)15-9)17-8-12(14)13-4-3-5-16-13/h3-7H,8H2,1-2H3/q+1. The summed E-state index contributed by atoms with van der Waals surface area (Å²) in [5, 5.41) is 1.92. The van der Waals surface area contributed by atoms with Crippen LogP contribution in [0, 0.1) is 13.8 Å². The van der Waals surface area contributed by atoms with Crippen molar-refractivity contribution in [3.05, 3.63) is 46.0 Å². The number of thioether (sulfide) groups is 1. The van der Waals surface area contributed by atoms with E-state index in [0.29, 0.717) is 5.75 Å². The van der Waals surface area contributed by atoms with Crippen LogP contribution >= 0.6 is 23.1 Å². The molecule has 0 atom stereocenters. The van der Waals surface area contributed by atoms with E-state index in [1.54, 1.807) is 11.8 Å². The molecule has 2 rings (SSSR count). The molecule has 0 aliphatic heterocycles. The van der Waals surface area contributed by atoms with Crippen molar-refractivity contribution in [3.8, 4) is 0 Å². The van der Waals surface area contributed by atoms with Gasteiger partial charge >= 0.3 is 11.5 Å². The second-order valence-corrected chi connectivity index (χ2v) is 5.70. The van der Waals surface area contributed by atoms with Crippen molar-refractivity contribution in [3.63, 3.8) is 0 Å². The molecule has 0 bridgehead atoms. The van der Waals surface area contributed by atoms with E-state index < -0.39 is 0 Å². The normalized spacial score (nSPS) is 10.5. The lowest BCUT2D eigenvalue weighted by atomic mass is 10.3. The van der Waals surface area contributed by atoms with Crippen LogP contribution in [0.4, 0.5) is 0 Å². The van der Waals surface area contributed by atoms with E-state index in [1.807, 2.05) is 43.5 Å². The number of hydrogen-bond donors (Lipinski definition) is 0. The van der Waals surface area contributed by atoms with Crippen molar-refractivity contribution in [2.75, 3.05) is 5.75 Å². The Balaban J connectivity index is 2.00. The second kappa shape index (κ2) is 5.47. The van der Waals surface area contributed by atoms with Crippen molar-refractivity contribution >= 4 is 28.9 Å². The fourth-order valence-corrected chi connectivity index (χ4v) is 3.20. The summed E-state index contributed by atoms with van der Waals surface area (Å²) < 4.78 is 5.40. The number of Topliss-reactive ketones (excluding diaryl/α,β-unsaturated/α-hetero) is 1. The van der Waals surface area contributed by atoms with Gasteiger partial charge in [0.15, 0.2) is 5.78 Å². The number of hydrogen-bond acceptors (Lipinski definition) is 3. The third-order valence-corrected chi connectivity index (χ3v) is 4.07. The molecule has 0 aromatic carbocycles. The second-order valence-electron chi connectivity index (χ2n) is 3.70. The maximum Gasteiger partial charge on any atom is 0.327 e. The molecule has 4 heteroatoms. The van der Waals surface area contributed by atoms with Crippen molar-refractivity contribution in [2.45, 2.75) is 18.7 Å². The van der Waals surface area contributed by atoms with Gasteiger partial charge in [0.2, 0.25) is 0 Å². The molecule has 0 amide bonds. The molecular weight excluding hydrogens is 252 g/mol. The van der Waals surface area contributed by atoms with Gasteiger partial charge < -0.3 is 0 Å². The number of carbonyl (C=O) groups is 1. The Hall–Kier alpha value is -1.13. The lowest BCUT2D eigenvalue weighted by Crippen LogP contribution is -1.99. The highest BCUT2D eigenvalue weighted by atomic mass is 32.2. The average Bonchev–Trinajstić information content (AvgIpc) is 2.78. The van der Waals surface area contributed by atoms with E-state index in [4.69, 9.17) is 4.42 Å². The highest BCUT2D eigenvalue weighted by molar-refractivity contribution is 8.00. The van der Waals surface area contributed by atoms with Gasteiger partial charge in [0.05, 0.1) is 36.6 Å². The van der Waals surface area contributed by atoms with Crippen LogP contribution in [0.1, 0.15) is 21.2 Å². The number of thiophene rings is 1. The minimum absolute atomic E-state index is 0.182. The molecular formula is C13H13O2S2+. The van der Waals surface area contributed by atoms with Gasteiger partial charge in [-0.3, -0.25) is 4.79 Å². The van der Waals surface area contributed by atoms with Crippen LogP contribution in [-0.2, 0) is 0 Å². The average molecular weight is 265 g/mol. The zero-order valence-electron chi connectivity index (χ0n) is 9.73. The Kier molecular flexibility index (Phi) is 3.97. The van der Waals surface area contributed by atoms with Crippen LogP contribution in [0.25, 0.3) is 0 Å². The van der Waals surface area contributed by atoms with Crippen molar-refractivity contribution in [2.24, 2.45) is 0 Å². The molecule has 2 aromatic heterocycles. The lowest BCUT2D eigenvalue weighted by molar-refractivity contribution is 0.102. The summed E-state index contributed by atoms with van der Waals surface area (Å²) >= 11 is 3.04. The van der Waals surface area contributed by atoms with Crippen LogP contribution in [0.5, 0.6) is 0 Å². The highest BCUT2D eigenvalue weighted by Crippen LogP contribution is 2.23. The van der Waals surface area contributed by atoms with Gasteiger partial charge in [-0.05, 0) is 11.4 Å². The largest absolute Gasteiger partial charge is 0.327 e. The molecule has 2 nitrogen and oxygen atoms in total. The summed E-state index contributed by atoms with van der Waals surface area (Å²) in [6.45, 7) is 3.83. The summed E-state index contributed by atoms with van der Waals surface area (Å²) in [7, 11) is 0. The predicted octanol–water partition coefficient (Wildman–Crippen LogP) is 4.21. The monoisotopic (exact) mass is 265 g/mol. The van der Waals surface area contributed by atoms with Crippen LogP contribution in [0.15, 0.2) is 39.0 Å². The van der Waals surface area contributed by atoms with E-state index in [1.165, 1.54) is 11.3 Å². The van der Waals surface area contributed by atoms with Crippen LogP contribution in [0.3, 0.4) is 0 Å². The third-order valence-electron chi connectivity index (χ3n) is 2.18. The molecule has 0 radical (unpaired) electrons. The van der Waals surface area contributed by atoms with Gasteiger partial charge in [0, 0.05) is 4.90 Å². The maximum atomic E-state index is 11.8. The topological polar surface area (TPSA) is 28.4 Å². The van der Waals surface area contributed by atoms with Crippen molar-refractivity contribution in [1.82, 2.24) is 0 Å². The summed E-state index contributed by atoms with van der Waals surface area (Å²) in [5.74, 6) is 2.40. The smallest absolute Gasteiger partial charge is 0.292 e. The molecule has 2 heterocycles. The Bertz CT molecular complexity index is 498. The summed E-state index contributed by atoms with van der Waals surface area (Å²) in [4.78, 5) is 13.7. The molecule has 0 aliphatic rings. The zero-order chi connectivity index (χ0) is 12.3. The molecule has 88 valence electrons. The van der Waals surface area contributed by atoms with Gasteiger partial charge in [-0.25, -0.2) is 4.42 Å². The highest BCUT2D eigenvalue weighted by Gasteiger charge is 2.11. The van der Waals surface area contributed by atoms with Crippen LogP contribution < -0.4 is 0 Å². The molecule has 0 aliphatic carbocycles. The maximum absolute atomic E-state index is 11.8. The Morgan fingerprint density at radius 2 is 2.06 bits per heavy atom. The Morgan fingerprint density at radius 1 is 1.35 bits per heavy atom. The van der Waals surface area contributed by atoms with Crippen LogP contribution in [-0.4, -0.2) is 11.5 Å². The first-order valence-corrected chi connectivity index (χ1v) is 7.12. The van der Waals surface area contributed by atoms with Crippen molar-refractivity contribution in [1.29, 1.82) is 0 Å². The molecule has 0 N–H and O–H groups in total. The third kappa shape index (κ3) is 3.41. The van der Waals surface area contributed by atoms with E-state index >= 15 is 0 Å². The number of aryl methyl sites for hydroxylation is 2. The summed E-state index contributed by atoms with van der Waals surface area (Å²) in [6.07, 6.45) is 0. The first-order chi connectivity index (χ1) is 8.15. The number of ketones is 1. The predicted molar refractivity (Wildman–Crippen MR) is 72.0 cm³/mol. The minimum atomic E-state index is 0.182. The minimum Gasteiger partial charge on any atom is -0.292 e. The SMILES string of the molecule is Cc1cc(SCC(=O)c2cccs2)cc(C)[o+]1. The number of carbonyl (C=O) groups excluding carboxylic acids is 1. The first kappa shape index (κ1) is 12.3. The molecule has 17 heavy (non-hydrogen) atoms. The van der Waals surface area contributed by atoms with E-state index in [2.05, 4.69) is 0 Å². The van der Waals surface area contributed by atoms with Crippen LogP contribution in [0.2, 0.25) is 0 Å².